The average Bonchev–Trinajstić information content (AvgIpc) is 3.37. The van der Waals surface area contributed by atoms with E-state index in [1.165, 1.54) is 11.1 Å². The van der Waals surface area contributed by atoms with Crippen LogP contribution in [0.4, 0.5) is 10.5 Å². The van der Waals surface area contributed by atoms with Crippen LogP contribution in [0.3, 0.4) is 0 Å². The van der Waals surface area contributed by atoms with Crippen LogP contribution in [-0.4, -0.2) is 44.8 Å². The molecule has 3 aromatic rings. The lowest BCUT2D eigenvalue weighted by molar-refractivity contribution is 0.0552. The molecule has 2 amide bonds. The molecule has 0 aliphatic carbocycles. The molecule has 1 fully saturated rings. The summed E-state index contributed by atoms with van der Waals surface area (Å²) in [5, 5.41) is 14.0. The number of aliphatic hydroxyl groups excluding tert-OH is 1. The first-order valence-corrected chi connectivity index (χ1v) is 10.6. The summed E-state index contributed by atoms with van der Waals surface area (Å²) in [5.74, 6) is 0.200. The van der Waals surface area contributed by atoms with Crippen LogP contribution in [-0.2, 0) is 0 Å². The maximum atomic E-state index is 12.5. The number of nitrogens with one attached hydrogen (secondary N) is 1. The number of benzene rings is 2. The second-order valence-electron chi connectivity index (χ2n) is 8.21. The first kappa shape index (κ1) is 18.9. The monoisotopic (exact) mass is 402 g/mol. The number of imidazole rings is 1. The minimum absolute atomic E-state index is 0.0677. The number of likely N-dealkylation sites (tertiary alicyclic amines) is 1. The summed E-state index contributed by atoms with van der Waals surface area (Å²) in [6, 6.07) is 17.9. The molecule has 1 aromatic heterocycles. The maximum absolute atomic E-state index is 12.5. The highest BCUT2D eigenvalue weighted by Crippen LogP contribution is 2.42. The first-order valence-electron chi connectivity index (χ1n) is 10.6. The molecule has 5 rings (SSSR count). The molecule has 6 nitrogen and oxygen atoms in total. The molecule has 2 aromatic carbocycles. The summed E-state index contributed by atoms with van der Waals surface area (Å²) in [4.78, 5) is 18.7. The molecule has 154 valence electrons. The van der Waals surface area contributed by atoms with Gasteiger partial charge < -0.3 is 19.9 Å². The molecule has 3 heterocycles. The largest absolute Gasteiger partial charge is 0.393 e. The van der Waals surface area contributed by atoms with Crippen molar-refractivity contribution in [3.8, 4) is 11.3 Å². The molecule has 2 aliphatic rings. The van der Waals surface area contributed by atoms with Crippen LogP contribution in [0.2, 0.25) is 0 Å². The Kier molecular flexibility index (Phi) is 5.01. The molecular weight excluding hydrogens is 376 g/mol. The zero-order chi connectivity index (χ0) is 20.5. The Morgan fingerprint density at radius 1 is 1.10 bits per heavy atom. The number of nitrogens with zero attached hydrogens (tertiary/aromatic N) is 3. The van der Waals surface area contributed by atoms with Gasteiger partial charge in [0.2, 0.25) is 0 Å². The Morgan fingerprint density at radius 2 is 1.83 bits per heavy atom. The Balaban J connectivity index is 1.20. The summed E-state index contributed by atoms with van der Waals surface area (Å²) >= 11 is 0. The third-order valence-corrected chi connectivity index (χ3v) is 6.46. The van der Waals surface area contributed by atoms with E-state index in [0.717, 1.165) is 24.2 Å². The summed E-state index contributed by atoms with van der Waals surface area (Å²) in [6.45, 7) is 1.33. The number of piperidine rings is 1. The van der Waals surface area contributed by atoms with E-state index in [9.17, 15) is 9.90 Å². The second-order valence-corrected chi connectivity index (χ2v) is 8.21. The number of carbonyl (C=O) groups is 1. The maximum Gasteiger partial charge on any atom is 0.321 e. The van der Waals surface area contributed by atoms with Gasteiger partial charge in [0.15, 0.2) is 0 Å². The number of hydrogen-bond acceptors (Lipinski definition) is 3. The van der Waals surface area contributed by atoms with Crippen LogP contribution in [0.1, 0.15) is 30.9 Å². The summed E-state index contributed by atoms with van der Waals surface area (Å²) in [5.41, 5.74) is 4.39. The fourth-order valence-electron chi connectivity index (χ4n) is 4.81. The van der Waals surface area contributed by atoms with Gasteiger partial charge in [-0.2, -0.15) is 0 Å². The van der Waals surface area contributed by atoms with Gasteiger partial charge in [-0.15, -0.1) is 0 Å². The zero-order valence-electron chi connectivity index (χ0n) is 16.8. The van der Waals surface area contributed by atoms with Crippen molar-refractivity contribution in [2.24, 2.45) is 5.92 Å². The van der Waals surface area contributed by atoms with Gasteiger partial charge in [0, 0.05) is 24.3 Å². The van der Waals surface area contributed by atoms with E-state index in [2.05, 4.69) is 33.1 Å². The number of rotatable bonds is 4. The van der Waals surface area contributed by atoms with Crippen LogP contribution in [0, 0.1) is 5.92 Å². The van der Waals surface area contributed by atoms with Gasteiger partial charge in [0.05, 0.1) is 30.4 Å². The standard InChI is InChI=1S/C24H26N4O2/c29-23(14-21-19-8-4-5-9-20(19)22-15-25-16-28(21)22)17-10-12-27(13-11-17)24(30)26-18-6-2-1-3-7-18/h1-9,15-17,21,23,29H,10-14H2,(H,26,30)/t21?,23-/m1/s1. The highest BCUT2D eigenvalue weighted by atomic mass is 16.3. The number of amides is 2. The lowest BCUT2D eigenvalue weighted by Crippen LogP contribution is -2.43. The predicted molar refractivity (Wildman–Crippen MR) is 116 cm³/mol. The van der Waals surface area contributed by atoms with Gasteiger partial charge in [-0.3, -0.25) is 0 Å². The number of aromatic nitrogens is 2. The normalized spacial score (nSPS) is 19.2. The Hall–Kier alpha value is -3.12. The smallest absolute Gasteiger partial charge is 0.321 e. The quantitative estimate of drug-likeness (QED) is 0.689. The third-order valence-electron chi connectivity index (χ3n) is 6.46. The van der Waals surface area contributed by atoms with Crippen LogP contribution < -0.4 is 5.32 Å². The minimum Gasteiger partial charge on any atom is -0.393 e. The van der Waals surface area contributed by atoms with Crippen molar-refractivity contribution in [1.29, 1.82) is 0 Å². The van der Waals surface area contributed by atoms with Crippen LogP contribution in [0.5, 0.6) is 0 Å². The fraction of sp³-hybridized carbons (Fsp3) is 0.333. The number of fused-ring (bicyclic) bond motifs is 3. The topological polar surface area (TPSA) is 70.4 Å². The van der Waals surface area contributed by atoms with E-state index in [1.807, 2.05) is 53.8 Å². The van der Waals surface area contributed by atoms with E-state index < -0.39 is 6.10 Å². The number of anilines is 1. The second kappa shape index (κ2) is 7.95. The molecule has 0 spiro atoms. The van der Waals surface area contributed by atoms with Crippen LogP contribution in [0.15, 0.2) is 67.1 Å². The van der Waals surface area contributed by atoms with Crippen molar-refractivity contribution in [3.05, 3.63) is 72.7 Å². The molecule has 30 heavy (non-hydrogen) atoms. The van der Waals surface area contributed by atoms with Crippen LogP contribution in [0.25, 0.3) is 11.3 Å². The summed E-state index contributed by atoms with van der Waals surface area (Å²) in [7, 11) is 0. The van der Waals surface area contributed by atoms with E-state index >= 15 is 0 Å². The van der Waals surface area contributed by atoms with Gasteiger partial charge in [-0.05, 0) is 42.9 Å². The number of hydrogen-bond donors (Lipinski definition) is 2. The zero-order valence-corrected chi connectivity index (χ0v) is 16.8. The lowest BCUT2D eigenvalue weighted by Gasteiger charge is -2.35. The molecule has 2 N–H and O–H groups in total. The fourth-order valence-corrected chi connectivity index (χ4v) is 4.81. The van der Waals surface area contributed by atoms with Gasteiger partial charge >= 0.3 is 6.03 Å². The highest BCUT2D eigenvalue weighted by molar-refractivity contribution is 5.89. The number of aliphatic hydroxyl groups is 1. The summed E-state index contributed by atoms with van der Waals surface area (Å²) in [6.07, 6.45) is 5.65. The van der Waals surface area contributed by atoms with Crippen molar-refractivity contribution < 1.29 is 9.90 Å². The first-order chi connectivity index (χ1) is 14.7. The molecule has 2 aliphatic heterocycles. The number of para-hydroxylation sites is 1. The molecule has 1 saturated heterocycles. The van der Waals surface area contributed by atoms with Gasteiger partial charge in [0.25, 0.3) is 0 Å². The Bertz CT molecular complexity index is 1020. The average molecular weight is 402 g/mol. The van der Waals surface area contributed by atoms with Crippen molar-refractivity contribution in [1.82, 2.24) is 14.5 Å². The van der Waals surface area contributed by atoms with Gasteiger partial charge in [0.1, 0.15) is 0 Å². The van der Waals surface area contributed by atoms with Crippen molar-refractivity contribution in [2.75, 3.05) is 18.4 Å². The Labute approximate surface area is 176 Å². The van der Waals surface area contributed by atoms with E-state index in [4.69, 9.17) is 0 Å². The highest BCUT2D eigenvalue weighted by Gasteiger charge is 2.33. The molecule has 2 atom stereocenters. The van der Waals surface area contributed by atoms with Crippen molar-refractivity contribution in [2.45, 2.75) is 31.4 Å². The molecule has 1 unspecified atom stereocenters. The predicted octanol–water partition coefficient (Wildman–Crippen LogP) is 4.15. The van der Waals surface area contributed by atoms with Gasteiger partial charge in [-0.25, -0.2) is 9.78 Å². The third kappa shape index (κ3) is 3.48. The Morgan fingerprint density at radius 3 is 2.63 bits per heavy atom. The number of carbonyl (C=O) groups excluding carboxylic acids is 1. The van der Waals surface area contributed by atoms with Crippen molar-refractivity contribution >= 4 is 11.7 Å². The SMILES string of the molecule is O=C(Nc1ccccc1)N1CCC([C@H](O)CC2c3ccccc3-c3cncn32)CC1. The summed E-state index contributed by atoms with van der Waals surface area (Å²) < 4.78 is 2.18. The van der Waals surface area contributed by atoms with E-state index in [0.29, 0.717) is 19.5 Å². The molecule has 0 radical (unpaired) electrons. The van der Waals surface area contributed by atoms with Crippen LogP contribution >= 0.6 is 0 Å². The van der Waals surface area contributed by atoms with E-state index in [1.54, 1.807) is 0 Å². The minimum atomic E-state index is -0.407. The molecule has 6 heteroatoms. The van der Waals surface area contributed by atoms with Gasteiger partial charge in [-0.1, -0.05) is 42.5 Å². The lowest BCUT2D eigenvalue weighted by atomic mass is 9.86. The molecule has 0 saturated carbocycles. The molecular formula is C24H26N4O2. The molecule has 0 bridgehead atoms. The number of urea groups is 1. The van der Waals surface area contributed by atoms with E-state index in [-0.39, 0.29) is 18.0 Å². The van der Waals surface area contributed by atoms with Crippen molar-refractivity contribution in [3.63, 3.8) is 0 Å².